The van der Waals surface area contributed by atoms with Gasteiger partial charge in [-0.05, 0) is 42.7 Å². The lowest BCUT2D eigenvalue weighted by Gasteiger charge is -2.17. The number of anilines is 1. The molecule has 0 aliphatic heterocycles. The zero-order valence-electron chi connectivity index (χ0n) is 19.0. The standard InChI is InChI=1S/C26H26N4O2S/c1-4-19-10-12-20(13-11-19)16-30(3)24(31)17-33-26-21(15-27)14-23(18(2)28-26)25(32)29-22-8-6-5-7-9-22/h5-14H,4,16-17H2,1-3H3,(H,29,32). The first-order chi connectivity index (χ1) is 15.9. The average Bonchev–Trinajstić information content (AvgIpc) is 2.83. The van der Waals surface area contributed by atoms with Crippen molar-refractivity contribution < 1.29 is 9.59 Å². The maximum absolute atomic E-state index is 12.7. The fourth-order valence-electron chi connectivity index (χ4n) is 3.21. The van der Waals surface area contributed by atoms with Crippen molar-refractivity contribution in [2.24, 2.45) is 0 Å². The molecule has 3 rings (SSSR count). The van der Waals surface area contributed by atoms with Crippen LogP contribution in [0, 0.1) is 18.3 Å². The number of para-hydroxylation sites is 1. The highest BCUT2D eigenvalue weighted by molar-refractivity contribution is 8.00. The first-order valence-electron chi connectivity index (χ1n) is 10.6. The molecule has 33 heavy (non-hydrogen) atoms. The predicted octanol–water partition coefficient (Wildman–Crippen LogP) is 4.83. The molecule has 0 radical (unpaired) electrons. The summed E-state index contributed by atoms with van der Waals surface area (Å²) in [5, 5.41) is 12.8. The number of pyridine rings is 1. The lowest BCUT2D eigenvalue weighted by molar-refractivity contribution is -0.127. The molecule has 3 aromatic rings. The quantitative estimate of drug-likeness (QED) is 0.489. The molecule has 0 aliphatic rings. The van der Waals surface area contributed by atoms with E-state index in [1.165, 1.54) is 23.4 Å². The summed E-state index contributed by atoms with van der Waals surface area (Å²) in [6.07, 6.45) is 0.978. The van der Waals surface area contributed by atoms with Crippen molar-refractivity contribution in [1.29, 1.82) is 5.26 Å². The molecule has 1 N–H and O–H groups in total. The van der Waals surface area contributed by atoms with Gasteiger partial charge in [-0.25, -0.2) is 4.98 Å². The highest BCUT2D eigenvalue weighted by Gasteiger charge is 2.17. The second kappa shape index (κ2) is 11.3. The van der Waals surface area contributed by atoms with Gasteiger partial charge in [0.25, 0.3) is 5.91 Å². The van der Waals surface area contributed by atoms with Crippen LogP contribution in [0.15, 0.2) is 65.7 Å². The Hall–Kier alpha value is -3.63. The molecule has 0 atom stereocenters. The summed E-state index contributed by atoms with van der Waals surface area (Å²) in [5.41, 5.74) is 4.09. The Balaban J connectivity index is 1.65. The number of rotatable bonds is 8. The summed E-state index contributed by atoms with van der Waals surface area (Å²) in [4.78, 5) is 31.4. The van der Waals surface area contributed by atoms with Gasteiger partial charge in [-0.2, -0.15) is 5.26 Å². The summed E-state index contributed by atoms with van der Waals surface area (Å²) in [5.74, 6) is -0.238. The summed E-state index contributed by atoms with van der Waals surface area (Å²) < 4.78 is 0. The van der Waals surface area contributed by atoms with Crippen molar-refractivity contribution in [1.82, 2.24) is 9.88 Å². The van der Waals surface area contributed by atoms with Crippen LogP contribution >= 0.6 is 11.8 Å². The number of carbonyl (C=O) groups excluding carboxylic acids is 2. The van der Waals surface area contributed by atoms with Gasteiger partial charge in [-0.3, -0.25) is 9.59 Å². The number of nitriles is 1. The van der Waals surface area contributed by atoms with Crippen LogP contribution in [0.25, 0.3) is 0 Å². The molecule has 1 heterocycles. The summed E-state index contributed by atoms with van der Waals surface area (Å²) in [6.45, 7) is 4.34. The van der Waals surface area contributed by atoms with E-state index in [0.717, 1.165) is 12.0 Å². The Morgan fingerprint density at radius 2 is 1.76 bits per heavy atom. The van der Waals surface area contributed by atoms with Gasteiger partial charge in [0.05, 0.1) is 22.6 Å². The minimum atomic E-state index is -0.329. The number of aromatic nitrogens is 1. The van der Waals surface area contributed by atoms with Crippen LogP contribution in [-0.2, 0) is 17.8 Å². The monoisotopic (exact) mass is 458 g/mol. The first kappa shape index (κ1) is 24.0. The molecular formula is C26H26N4O2S. The van der Waals surface area contributed by atoms with Crippen molar-refractivity contribution in [3.63, 3.8) is 0 Å². The van der Waals surface area contributed by atoms with Gasteiger partial charge in [-0.1, -0.05) is 61.2 Å². The minimum Gasteiger partial charge on any atom is -0.341 e. The van der Waals surface area contributed by atoms with Gasteiger partial charge in [-0.15, -0.1) is 0 Å². The Labute approximate surface area is 198 Å². The van der Waals surface area contributed by atoms with E-state index >= 15 is 0 Å². The number of carbonyl (C=O) groups is 2. The van der Waals surface area contributed by atoms with Crippen LogP contribution in [0.3, 0.4) is 0 Å². The van der Waals surface area contributed by atoms with Crippen LogP contribution in [0.4, 0.5) is 5.69 Å². The van der Waals surface area contributed by atoms with Crippen molar-refractivity contribution in [2.45, 2.75) is 31.8 Å². The number of benzene rings is 2. The molecule has 1 aromatic heterocycles. The van der Waals surface area contributed by atoms with Crippen molar-refractivity contribution in [3.8, 4) is 6.07 Å². The largest absolute Gasteiger partial charge is 0.341 e. The molecule has 0 bridgehead atoms. The maximum Gasteiger partial charge on any atom is 0.257 e. The minimum absolute atomic E-state index is 0.0613. The molecule has 0 saturated carbocycles. The third kappa shape index (κ3) is 6.43. The van der Waals surface area contributed by atoms with Crippen LogP contribution in [0.5, 0.6) is 0 Å². The number of nitrogens with zero attached hydrogens (tertiary/aromatic N) is 3. The molecule has 168 valence electrons. The summed E-state index contributed by atoms with van der Waals surface area (Å²) in [6, 6.07) is 20.9. The molecule has 0 saturated heterocycles. The zero-order chi connectivity index (χ0) is 23.8. The van der Waals surface area contributed by atoms with Gasteiger partial charge >= 0.3 is 0 Å². The second-order valence-corrected chi connectivity index (χ2v) is 8.58. The second-order valence-electron chi connectivity index (χ2n) is 7.61. The van der Waals surface area contributed by atoms with Gasteiger partial charge in [0.1, 0.15) is 11.1 Å². The Morgan fingerprint density at radius 3 is 2.39 bits per heavy atom. The predicted molar refractivity (Wildman–Crippen MR) is 131 cm³/mol. The van der Waals surface area contributed by atoms with E-state index in [2.05, 4.69) is 35.4 Å². The highest BCUT2D eigenvalue weighted by atomic mass is 32.2. The number of nitrogens with one attached hydrogen (secondary N) is 1. The fourth-order valence-corrected chi connectivity index (χ4v) is 4.15. The van der Waals surface area contributed by atoms with E-state index in [-0.39, 0.29) is 23.1 Å². The van der Waals surface area contributed by atoms with E-state index in [1.807, 2.05) is 30.3 Å². The van der Waals surface area contributed by atoms with Crippen LogP contribution in [-0.4, -0.2) is 34.5 Å². The van der Waals surface area contributed by atoms with E-state index in [1.54, 1.807) is 31.0 Å². The summed E-state index contributed by atoms with van der Waals surface area (Å²) in [7, 11) is 1.76. The number of thioether (sulfide) groups is 1. The van der Waals surface area contributed by atoms with Crippen molar-refractivity contribution in [3.05, 3.63) is 88.6 Å². The van der Waals surface area contributed by atoms with Gasteiger partial charge < -0.3 is 10.2 Å². The van der Waals surface area contributed by atoms with E-state index in [4.69, 9.17) is 0 Å². The number of hydrogen-bond acceptors (Lipinski definition) is 5. The summed E-state index contributed by atoms with van der Waals surface area (Å²) >= 11 is 1.21. The van der Waals surface area contributed by atoms with Gasteiger partial charge in [0, 0.05) is 19.3 Å². The SMILES string of the molecule is CCc1ccc(CN(C)C(=O)CSc2nc(C)c(C(=O)Nc3ccccc3)cc2C#N)cc1. The number of amides is 2. The van der Waals surface area contributed by atoms with Crippen molar-refractivity contribution >= 4 is 29.3 Å². The third-order valence-electron chi connectivity index (χ3n) is 5.18. The van der Waals surface area contributed by atoms with E-state index < -0.39 is 0 Å². The molecule has 2 amide bonds. The van der Waals surface area contributed by atoms with E-state index in [0.29, 0.717) is 28.5 Å². The molecular weight excluding hydrogens is 432 g/mol. The van der Waals surface area contributed by atoms with Crippen molar-refractivity contribution in [2.75, 3.05) is 18.1 Å². The number of aryl methyl sites for hydroxylation is 2. The molecule has 7 heteroatoms. The molecule has 6 nitrogen and oxygen atoms in total. The lowest BCUT2D eigenvalue weighted by atomic mass is 10.1. The first-order valence-corrected chi connectivity index (χ1v) is 11.6. The Kier molecular flexibility index (Phi) is 8.22. The normalized spacial score (nSPS) is 10.4. The molecule has 0 unspecified atom stereocenters. The molecule has 0 fully saturated rings. The Bertz CT molecular complexity index is 1170. The van der Waals surface area contributed by atoms with Crippen LogP contribution < -0.4 is 5.32 Å². The van der Waals surface area contributed by atoms with E-state index in [9.17, 15) is 14.9 Å². The molecule has 0 aliphatic carbocycles. The van der Waals surface area contributed by atoms with Crippen LogP contribution in [0.2, 0.25) is 0 Å². The lowest BCUT2D eigenvalue weighted by Crippen LogP contribution is -2.27. The topological polar surface area (TPSA) is 86.1 Å². The molecule has 2 aromatic carbocycles. The third-order valence-corrected chi connectivity index (χ3v) is 6.16. The zero-order valence-corrected chi connectivity index (χ0v) is 19.8. The van der Waals surface area contributed by atoms with Gasteiger partial charge in [0.2, 0.25) is 5.91 Å². The molecule has 0 spiro atoms. The Morgan fingerprint density at radius 1 is 1.09 bits per heavy atom. The fraction of sp³-hybridized carbons (Fsp3) is 0.231. The smallest absolute Gasteiger partial charge is 0.257 e. The number of hydrogen-bond donors (Lipinski definition) is 1. The highest BCUT2D eigenvalue weighted by Crippen LogP contribution is 2.24. The van der Waals surface area contributed by atoms with Crippen LogP contribution in [0.1, 0.15) is 39.7 Å². The average molecular weight is 459 g/mol. The maximum atomic E-state index is 12.7. The van der Waals surface area contributed by atoms with Gasteiger partial charge in [0.15, 0.2) is 0 Å².